The van der Waals surface area contributed by atoms with Crippen LogP contribution in [0.4, 0.5) is 4.39 Å². The number of H-pyrrole nitrogens is 1. The molecule has 2 N–H and O–H groups in total. The number of alkyl halides is 1. The molecule has 0 bridgehead atoms. The summed E-state index contributed by atoms with van der Waals surface area (Å²) in [5.74, 6) is -1.07. The van der Waals surface area contributed by atoms with E-state index in [2.05, 4.69) is 4.98 Å². The number of carboxylic acids is 1. The third-order valence-corrected chi connectivity index (χ3v) is 3.52. The third kappa shape index (κ3) is 7.06. The highest BCUT2D eigenvalue weighted by Crippen LogP contribution is 2.13. The first-order chi connectivity index (χ1) is 10.1. The van der Waals surface area contributed by atoms with Gasteiger partial charge in [-0.15, -0.1) is 0 Å². The van der Waals surface area contributed by atoms with E-state index in [1.807, 2.05) is 0 Å². The zero-order valence-corrected chi connectivity index (χ0v) is 12.4. The molecule has 1 aromatic heterocycles. The molecule has 4 nitrogen and oxygen atoms in total. The Balaban J connectivity index is 2.06. The van der Waals surface area contributed by atoms with Gasteiger partial charge in [-0.1, -0.05) is 38.5 Å². The van der Waals surface area contributed by atoms with Crippen LogP contribution >= 0.6 is 0 Å². The topological polar surface area (TPSA) is 70.2 Å². The van der Waals surface area contributed by atoms with E-state index in [1.165, 1.54) is 12.3 Å². The van der Waals surface area contributed by atoms with Crippen molar-refractivity contribution < 1.29 is 19.1 Å². The second-order valence-corrected chi connectivity index (χ2v) is 5.30. The monoisotopic (exact) mass is 297 g/mol. The summed E-state index contributed by atoms with van der Waals surface area (Å²) >= 11 is 0. The molecule has 118 valence electrons. The van der Waals surface area contributed by atoms with Crippen LogP contribution in [0.1, 0.15) is 78.6 Å². The lowest BCUT2D eigenvalue weighted by molar-refractivity contribution is 0.0691. The Bertz CT molecular complexity index is 442. The number of nitrogens with one attached hydrogen (secondary N) is 1. The van der Waals surface area contributed by atoms with Crippen molar-refractivity contribution in [3.8, 4) is 0 Å². The van der Waals surface area contributed by atoms with E-state index >= 15 is 0 Å². The van der Waals surface area contributed by atoms with Gasteiger partial charge in [0, 0.05) is 18.2 Å². The van der Waals surface area contributed by atoms with Gasteiger partial charge in [-0.2, -0.15) is 0 Å². The number of aromatic amines is 1. The average molecular weight is 297 g/mol. The zero-order valence-electron chi connectivity index (χ0n) is 12.4. The molecule has 0 aliphatic rings. The quantitative estimate of drug-likeness (QED) is 0.444. The fraction of sp³-hybridized carbons (Fsp3) is 0.625. The van der Waals surface area contributed by atoms with E-state index in [-0.39, 0.29) is 18.2 Å². The maximum atomic E-state index is 11.9. The van der Waals surface area contributed by atoms with Gasteiger partial charge in [0.15, 0.2) is 5.78 Å². The Morgan fingerprint density at radius 3 is 2.10 bits per heavy atom. The van der Waals surface area contributed by atoms with Crippen LogP contribution in [0.3, 0.4) is 0 Å². The molecule has 0 aromatic carbocycles. The molecule has 0 aliphatic heterocycles. The lowest BCUT2D eigenvalue weighted by Crippen LogP contribution is -1.98. The van der Waals surface area contributed by atoms with Crippen LogP contribution in [-0.4, -0.2) is 28.5 Å². The van der Waals surface area contributed by atoms with E-state index < -0.39 is 5.97 Å². The Morgan fingerprint density at radius 1 is 1.00 bits per heavy atom. The number of hydrogen-bond acceptors (Lipinski definition) is 2. The summed E-state index contributed by atoms with van der Waals surface area (Å²) in [6.07, 6.45) is 9.83. The number of hydrogen-bond donors (Lipinski definition) is 2. The summed E-state index contributed by atoms with van der Waals surface area (Å²) in [6, 6.07) is 1.38. The summed E-state index contributed by atoms with van der Waals surface area (Å²) in [6.45, 7) is -0.217. The molecule has 0 saturated heterocycles. The minimum absolute atomic E-state index is 0.0123. The Labute approximate surface area is 124 Å². The summed E-state index contributed by atoms with van der Waals surface area (Å²) < 4.78 is 11.9. The summed E-state index contributed by atoms with van der Waals surface area (Å²) in [7, 11) is 0. The van der Waals surface area contributed by atoms with Crippen LogP contribution in [0, 0.1) is 0 Å². The second kappa shape index (κ2) is 10.1. The Kier molecular flexibility index (Phi) is 8.40. The van der Waals surface area contributed by atoms with Crippen molar-refractivity contribution in [1.29, 1.82) is 0 Å². The molecule has 0 unspecified atom stereocenters. The van der Waals surface area contributed by atoms with Crippen molar-refractivity contribution >= 4 is 11.8 Å². The summed E-state index contributed by atoms with van der Waals surface area (Å²) in [4.78, 5) is 25.1. The minimum Gasteiger partial charge on any atom is -0.477 e. The largest absolute Gasteiger partial charge is 0.477 e. The number of unbranched alkanes of at least 4 members (excludes halogenated alkanes) is 7. The SMILES string of the molecule is O=C(CCCCCCCCCCF)c1c[nH]c(C(=O)O)c1. The van der Waals surface area contributed by atoms with Crippen LogP contribution < -0.4 is 0 Å². The van der Waals surface area contributed by atoms with Crippen molar-refractivity contribution in [2.75, 3.05) is 6.67 Å². The van der Waals surface area contributed by atoms with Crippen molar-refractivity contribution in [1.82, 2.24) is 4.98 Å². The van der Waals surface area contributed by atoms with Crippen LogP contribution in [0.25, 0.3) is 0 Å². The van der Waals surface area contributed by atoms with Gasteiger partial charge >= 0.3 is 5.97 Å². The van der Waals surface area contributed by atoms with Gasteiger partial charge in [0.25, 0.3) is 0 Å². The number of carbonyl (C=O) groups excluding carboxylic acids is 1. The zero-order chi connectivity index (χ0) is 15.5. The third-order valence-electron chi connectivity index (χ3n) is 3.52. The molecule has 1 aromatic rings. The maximum Gasteiger partial charge on any atom is 0.352 e. The molecule has 0 amide bonds. The smallest absolute Gasteiger partial charge is 0.352 e. The van der Waals surface area contributed by atoms with E-state index in [1.54, 1.807) is 0 Å². The van der Waals surface area contributed by atoms with Crippen LogP contribution in [-0.2, 0) is 0 Å². The molecule has 21 heavy (non-hydrogen) atoms. The minimum atomic E-state index is -1.05. The van der Waals surface area contributed by atoms with Crippen molar-refractivity contribution in [2.24, 2.45) is 0 Å². The van der Waals surface area contributed by atoms with Crippen LogP contribution in [0.5, 0.6) is 0 Å². The molecule has 5 heteroatoms. The number of aromatic nitrogens is 1. The molecule has 0 spiro atoms. The van der Waals surface area contributed by atoms with Crippen LogP contribution in [0.15, 0.2) is 12.3 Å². The highest BCUT2D eigenvalue weighted by molar-refractivity contribution is 5.98. The lowest BCUT2D eigenvalue weighted by Gasteiger charge is -2.01. The molecular weight excluding hydrogens is 273 g/mol. The first-order valence-electron chi connectivity index (χ1n) is 7.66. The number of ketones is 1. The Morgan fingerprint density at radius 2 is 1.57 bits per heavy atom. The van der Waals surface area contributed by atoms with E-state index in [4.69, 9.17) is 5.11 Å². The molecule has 0 radical (unpaired) electrons. The van der Waals surface area contributed by atoms with Crippen molar-refractivity contribution in [3.05, 3.63) is 23.5 Å². The Hall–Kier alpha value is -1.65. The fourth-order valence-electron chi connectivity index (χ4n) is 2.26. The molecule has 0 fully saturated rings. The second-order valence-electron chi connectivity index (χ2n) is 5.30. The van der Waals surface area contributed by atoms with Crippen molar-refractivity contribution in [3.63, 3.8) is 0 Å². The molecule has 1 rings (SSSR count). The van der Waals surface area contributed by atoms with Gasteiger partial charge in [-0.05, 0) is 18.9 Å². The predicted octanol–water partition coefficient (Wildman–Crippen LogP) is 4.38. The highest BCUT2D eigenvalue weighted by atomic mass is 19.1. The highest BCUT2D eigenvalue weighted by Gasteiger charge is 2.11. The van der Waals surface area contributed by atoms with Gasteiger partial charge in [-0.3, -0.25) is 9.18 Å². The lowest BCUT2D eigenvalue weighted by atomic mass is 10.0. The summed E-state index contributed by atoms with van der Waals surface area (Å²) in [5.41, 5.74) is 0.491. The van der Waals surface area contributed by atoms with Gasteiger partial charge in [0.1, 0.15) is 5.69 Å². The van der Waals surface area contributed by atoms with Crippen molar-refractivity contribution in [2.45, 2.75) is 57.8 Å². The number of carboxylic acid groups (broad SMARTS) is 1. The molecule has 1 heterocycles. The average Bonchev–Trinajstić information content (AvgIpc) is 2.95. The fourth-order valence-corrected chi connectivity index (χ4v) is 2.26. The molecule has 0 atom stereocenters. The van der Waals surface area contributed by atoms with Gasteiger partial charge in [0.2, 0.25) is 0 Å². The normalized spacial score (nSPS) is 10.7. The van der Waals surface area contributed by atoms with E-state index in [9.17, 15) is 14.0 Å². The maximum absolute atomic E-state index is 11.9. The van der Waals surface area contributed by atoms with E-state index in [0.29, 0.717) is 18.4 Å². The first kappa shape index (κ1) is 17.4. The summed E-state index contributed by atoms with van der Waals surface area (Å²) in [5, 5.41) is 8.77. The van der Waals surface area contributed by atoms with Gasteiger partial charge in [0.05, 0.1) is 6.67 Å². The molecule has 0 aliphatic carbocycles. The number of Topliss-reactive ketones (excluding diaryl/α,β-unsaturated/α-hetero) is 1. The number of halogens is 1. The van der Waals surface area contributed by atoms with Crippen LogP contribution in [0.2, 0.25) is 0 Å². The van der Waals surface area contributed by atoms with Gasteiger partial charge < -0.3 is 10.1 Å². The first-order valence-corrected chi connectivity index (χ1v) is 7.66. The predicted molar refractivity (Wildman–Crippen MR) is 79.6 cm³/mol. The number of carbonyl (C=O) groups is 2. The molecule has 0 saturated carbocycles. The number of rotatable bonds is 12. The molecular formula is C16H24FNO3. The van der Waals surface area contributed by atoms with E-state index in [0.717, 1.165) is 44.9 Å². The standard InChI is InChI=1S/C16H24FNO3/c17-10-8-6-4-2-1-3-5-7-9-15(19)13-11-14(16(20)21)18-12-13/h11-12,18H,1-10H2,(H,20,21). The van der Waals surface area contributed by atoms with Gasteiger partial charge in [-0.25, -0.2) is 4.79 Å². The number of aromatic carboxylic acids is 1.